The molecule has 3 unspecified atom stereocenters. The number of hydrogen-bond acceptors (Lipinski definition) is 4. The molecule has 0 aliphatic carbocycles. The fourth-order valence-corrected chi connectivity index (χ4v) is 1.43. The normalized spacial score (nSPS) is 31.9. The molecule has 1 rings (SSSR count). The zero-order valence-electron chi connectivity index (χ0n) is 8.69. The number of nitrogens with zero attached hydrogens (tertiary/aromatic N) is 1. The van der Waals surface area contributed by atoms with Crippen LogP contribution in [0.15, 0.2) is 0 Å². The maximum Gasteiger partial charge on any atom is 0.177 e. The van der Waals surface area contributed by atoms with Gasteiger partial charge in [0.25, 0.3) is 0 Å². The highest BCUT2D eigenvalue weighted by Gasteiger charge is 2.36. The quantitative estimate of drug-likeness (QED) is 0.731. The highest BCUT2D eigenvalue weighted by Crippen LogP contribution is 2.25. The van der Waals surface area contributed by atoms with E-state index in [1.54, 1.807) is 13.8 Å². The number of aliphatic hydroxyl groups is 1. The van der Waals surface area contributed by atoms with E-state index in [1.807, 2.05) is 0 Å². The molecule has 1 fully saturated rings. The van der Waals surface area contributed by atoms with Crippen LogP contribution in [0.3, 0.4) is 0 Å². The maximum absolute atomic E-state index is 9.29. The van der Waals surface area contributed by atoms with Crippen LogP contribution < -0.4 is 0 Å². The van der Waals surface area contributed by atoms with E-state index in [-0.39, 0.29) is 6.10 Å². The van der Waals surface area contributed by atoms with Gasteiger partial charge in [-0.3, -0.25) is 0 Å². The van der Waals surface area contributed by atoms with Gasteiger partial charge in [0.15, 0.2) is 5.60 Å². The van der Waals surface area contributed by atoms with E-state index in [2.05, 4.69) is 6.07 Å². The molecule has 0 amide bonds. The Morgan fingerprint density at radius 2 is 2.29 bits per heavy atom. The molecule has 80 valence electrons. The van der Waals surface area contributed by atoms with Gasteiger partial charge in [0, 0.05) is 6.61 Å². The Labute approximate surface area is 84.4 Å². The molecule has 4 heteroatoms. The number of nitriles is 1. The molecule has 1 saturated heterocycles. The summed E-state index contributed by atoms with van der Waals surface area (Å²) in [7, 11) is 0. The summed E-state index contributed by atoms with van der Waals surface area (Å²) in [5.41, 5.74) is -0.853. The summed E-state index contributed by atoms with van der Waals surface area (Å²) in [6, 6.07) is 2.14. The molecule has 0 aromatic carbocycles. The van der Waals surface area contributed by atoms with Crippen LogP contribution in [-0.2, 0) is 9.47 Å². The van der Waals surface area contributed by atoms with Crippen LogP contribution in [0.1, 0.15) is 26.7 Å². The molecular weight excluding hydrogens is 182 g/mol. The molecule has 0 saturated carbocycles. The van der Waals surface area contributed by atoms with Gasteiger partial charge in [-0.2, -0.15) is 5.26 Å². The van der Waals surface area contributed by atoms with Gasteiger partial charge < -0.3 is 14.6 Å². The van der Waals surface area contributed by atoms with Crippen LogP contribution in [-0.4, -0.2) is 36.1 Å². The summed E-state index contributed by atoms with van der Waals surface area (Å²) in [4.78, 5) is 0. The predicted molar refractivity (Wildman–Crippen MR) is 50.6 cm³/mol. The van der Waals surface area contributed by atoms with Crippen LogP contribution in [0.25, 0.3) is 0 Å². The highest BCUT2D eigenvalue weighted by atomic mass is 16.6. The zero-order chi connectivity index (χ0) is 10.6. The third-order valence-electron chi connectivity index (χ3n) is 2.50. The van der Waals surface area contributed by atoms with Crippen molar-refractivity contribution in [2.24, 2.45) is 0 Å². The van der Waals surface area contributed by atoms with E-state index in [4.69, 9.17) is 14.7 Å². The van der Waals surface area contributed by atoms with Crippen molar-refractivity contribution in [3.8, 4) is 6.07 Å². The van der Waals surface area contributed by atoms with Crippen molar-refractivity contribution in [1.82, 2.24) is 0 Å². The zero-order valence-corrected chi connectivity index (χ0v) is 8.69. The Kier molecular flexibility index (Phi) is 3.87. The first-order chi connectivity index (χ1) is 6.59. The first kappa shape index (κ1) is 11.4. The van der Waals surface area contributed by atoms with Gasteiger partial charge >= 0.3 is 0 Å². The molecule has 0 bridgehead atoms. The second-order valence-electron chi connectivity index (χ2n) is 3.83. The monoisotopic (exact) mass is 199 g/mol. The van der Waals surface area contributed by atoms with Gasteiger partial charge in [-0.25, -0.2) is 0 Å². The summed E-state index contributed by atoms with van der Waals surface area (Å²) >= 11 is 0. The second kappa shape index (κ2) is 4.74. The number of hydrogen-bond donors (Lipinski definition) is 1. The van der Waals surface area contributed by atoms with Gasteiger partial charge in [0.2, 0.25) is 0 Å². The van der Waals surface area contributed by atoms with E-state index in [0.29, 0.717) is 19.6 Å². The molecule has 0 radical (unpaired) electrons. The van der Waals surface area contributed by atoms with Crippen molar-refractivity contribution in [3.05, 3.63) is 0 Å². The van der Waals surface area contributed by atoms with E-state index >= 15 is 0 Å². The van der Waals surface area contributed by atoms with Crippen molar-refractivity contribution in [2.75, 3.05) is 13.2 Å². The van der Waals surface area contributed by atoms with Gasteiger partial charge in [-0.15, -0.1) is 0 Å². The minimum atomic E-state index is -0.853. The topological polar surface area (TPSA) is 62.5 Å². The van der Waals surface area contributed by atoms with Crippen LogP contribution in [0.5, 0.6) is 0 Å². The van der Waals surface area contributed by atoms with Crippen LogP contribution in [0.2, 0.25) is 0 Å². The largest absolute Gasteiger partial charge is 0.391 e. The first-order valence-electron chi connectivity index (χ1n) is 4.94. The lowest BCUT2D eigenvalue weighted by molar-refractivity contribution is -0.145. The summed E-state index contributed by atoms with van der Waals surface area (Å²) in [5.74, 6) is 0. The number of aliphatic hydroxyl groups excluding tert-OH is 1. The summed E-state index contributed by atoms with van der Waals surface area (Å²) < 4.78 is 10.8. The number of rotatable bonds is 3. The summed E-state index contributed by atoms with van der Waals surface area (Å²) in [5, 5.41) is 18.3. The lowest BCUT2D eigenvalue weighted by Crippen LogP contribution is -2.44. The van der Waals surface area contributed by atoms with Crippen LogP contribution >= 0.6 is 0 Å². The van der Waals surface area contributed by atoms with Crippen LogP contribution in [0, 0.1) is 11.3 Å². The molecule has 3 atom stereocenters. The van der Waals surface area contributed by atoms with Gasteiger partial charge in [0.1, 0.15) is 6.07 Å². The third-order valence-corrected chi connectivity index (χ3v) is 2.50. The molecule has 4 nitrogen and oxygen atoms in total. The molecule has 14 heavy (non-hydrogen) atoms. The van der Waals surface area contributed by atoms with Gasteiger partial charge in [-0.1, -0.05) is 0 Å². The predicted octanol–water partition coefficient (Wildman–Crippen LogP) is 0.845. The fourth-order valence-electron chi connectivity index (χ4n) is 1.43. The SMILES string of the molecule is CC(O)C(C)OC1(C#N)CCCOC1. The van der Waals surface area contributed by atoms with E-state index in [0.717, 1.165) is 6.42 Å². The highest BCUT2D eigenvalue weighted by molar-refractivity contribution is 5.04. The van der Waals surface area contributed by atoms with E-state index in [9.17, 15) is 5.11 Å². The van der Waals surface area contributed by atoms with Crippen molar-refractivity contribution in [3.63, 3.8) is 0 Å². The first-order valence-corrected chi connectivity index (χ1v) is 4.94. The Hall–Kier alpha value is -0.630. The number of ether oxygens (including phenoxy) is 2. The maximum atomic E-state index is 9.29. The molecule has 0 aromatic heterocycles. The van der Waals surface area contributed by atoms with Crippen LogP contribution in [0.4, 0.5) is 0 Å². The molecular formula is C10H17NO3. The summed E-state index contributed by atoms with van der Waals surface area (Å²) in [6.07, 6.45) is 0.610. The van der Waals surface area contributed by atoms with Gasteiger partial charge in [-0.05, 0) is 26.7 Å². The Bertz CT molecular complexity index is 216. The summed E-state index contributed by atoms with van der Waals surface area (Å²) in [6.45, 7) is 4.41. The lowest BCUT2D eigenvalue weighted by atomic mass is 9.98. The Morgan fingerprint density at radius 3 is 2.71 bits per heavy atom. The van der Waals surface area contributed by atoms with Crippen molar-refractivity contribution in [1.29, 1.82) is 5.26 Å². The molecule has 1 N–H and O–H groups in total. The van der Waals surface area contributed by atoms with Crippen molar-refractivity contribution < 1.29 is 14.6 Å². The molecule has 1 heterocycles. The smallest absolute Gasteiger partial charge is 0.177 e. The Balaban J connectivity index is 2.57. The fraction of sp³-hybridized carbons (Fsp3) is 0.900. The van der Waals surface area contributed by atoms with E-state index < -0.39 is 11.7 Å². The Morgan fingerprint density at radius 1 is 1.57 bits per heavy atom. The minimum Gasteiger partial charge on any atom is -0.391 e. The molecule has 0 spiro atoms. The second-order valence-corrected chi connectivity index (χ2v) is 3.83. The minimum absolute atomic E-state index is 0.306. The standard InChI is InChI=1S/C10H17NO3/c1-8(12)9(2)14-10(6-11)4-3-5-13-7-10/h8-9,12H,3-5,7H2,1-2H3. The molecule has 0 aromatic rings. The van der Waals surface area contributed by atoms with Gasteiger partial charge in [0.05, 0.1) is 18.8 Å². The third kappa shape index (κ3) is 2.68. The average Bonchev–Trinajstić information content (AvgIpc) is 2.19. The molecule has 1 aliphatic heterocycles. The molecule has 1 aliphatic rings. The lowest BCUT2D eigenvalue weighted by Gasteiger charge is -2.33. The van der Waals surface area contributed by atoms with Crippen molar-refractivity contribution >= 4 is 0 Å². The van der Waals surface area contributed by atoms with E-state index in [1.165, 1.54) is 0 Å². The average molecular weight is 199 g/mol. The van der Waals surface area contributed by atoms with Crippen molar-refractivity contribution in [2.45, 2.75) is 44.5 Å².